The first-order valence-electron chi connectivity index (χ1n) is 5.46. The van der Waals surface area contributed by atoms with Gasteiger partial charge in [-0.25, -0.2) is 0 Å². The largest absolute Gasteiger partial charge is 0.300 e. The van der Waals surface area contributed by atoms with Crippen molar-refractivity contribution < 1.29 is 14.4 Å². The minimum Gasteiger partial charge on any atom is -0.300 e. The minimum absolute atomic E-state index is 0.0653. The van der Waals surface area contributed by atoms with E-state index in [1.54, 1.807) is 13.8 Å². The first kappa shape index (κ1) is 14.0. The van der Waals surface area contributed by atoms with Crippen molar-refractivity contribution in [1.82, 2.24) is 0 Å². The molecule has 0 aliphatic rings. The highest BCUT2D eigenvalue weighted by Gasteiger charge is 2.28. The fourth-order valence-corrected chi connectivity index (χ4v) is 1.48. The molecular weight excluding hydrogens is 192 g/mol. The summed E-state index contributed by atoms with van der Waals surface area (Å²) >= 11 is 0. The summed E-state index contributed by atoms with van der Waals surface area (Å²) in [5, 5.41) is 0. The summed E-state index contributed by atoms with van der Waals surface area (Å²) in [5.41, 5.74) is 0. The van der Waals surface area contributed by atoms with E-state index in [0.29, 0.717) is 6.42 Å². The topological polar surface area (TPSA) is 51.2 Å². The Morgan fingerprint density at radius 2 is 1.67 bits per heavy atom. The van der Waals surface area contributed by atoms with Crippen LogP contribution in [0.4, 0.5) is 0 Å². The molecule has 0 bridgehead atoms. The van der Waals surface area contributed by atoms with E-state index >= 15 is 0 Å². The third-order valence-corrected chi connectivity index (χ3v) is 2.29. The fourth-order valence-electron chi connectivity index (χ4n) is 1.48. The molecule has 0 aromatic heterocycles. The quantitative estimate of drug-likeness (QED) is 0.608. The normalized spacial score (nSPS) is 12.6. The van der Waals surface area contributed by atoms with Crippen LogP contribution in [0, 0.1) is 11.8 Å². The van der Waals surface area contributed by atoms with Crippen molar-refractivity contribution in [3.05, 3.63) is 0 Å². The Morgan fingerprint density at radius 3 is 2.00 bits per heavy atom. The lowest BCUT2D eigenvalue weighted by molar-refractivity contribution is -0.137. The van der Waals surface area contributed by atoms with Crippen LogP contribution in [0.2, 0.25) is 0 Å². The Bertz CT molecular complexity index is 254. The van der Waals surface area contributed by atoms with Crippen molar-refractivity contribution in [1.29, 1.82) is 0 Å². The zero-order valence-corrected chi connectivity index (χ0v) is 10.0. The van der Waals surface area contributed by atoms with Gasteiger partial charge in [0.05, 0.1) is 5.92 Å². The van der Waals surface area contributed by atoms with E-state index in [0.717, 1.165) is 6.42 Å². The summed E-state index contributed by atoms with van der Waals surface area (Å²) in [6, 6.07) is 0. The van der Waals surface area contributed by atoms with Gasteiger partial charge in [0.25, 0.3) is 0 Å². The van der Waals surface area contributed by atoms with Crippen LogP contribution in [0.5, 0.6) is 0 Å². The lowest BCUT2D eigenvalue weighted by Gasteiger charge is -2.15. The van der Waals surface area contributed by atoms with Gasteiger partial charge in [-0.1, -0.05) is 20.8 Å². The number of carbonyl (C=O) groups is 3. The van der Waals surface area contributed by atoms with E-state index in [-0.39, 0.29) is 29.7 Å². The number of hydrogen-bond donors (Lipinski definition) is 0. The molecule has 0 aliphatic carbocycles. The first-order valence-corrected chi connectivity index (χ1v) is 5.46. The van der Waals surface area contributed by atoms with Crippen molar-refractivity contribution >= 4 is 17.3 Å². The molecule has 1 atom stereocenters. The molecule has 0 heterocycles. The van der Waals surface area contributed by atoms with Crippen LogP contribution in [0.25, 0.3) is 0 Å². The molecule has 0 spiro atoms. The summed E-state index contributed by atoms with van der Waals surface area (Å²) < 4.78 is 0. The van der Waals surface area contributed by atoms with Crippen LogP contribution >= 0.6 is 0 Å². The van der Waals surface area contributed by atoms with Gasteiger partial charge in [0.15, 0.2) is 0 Å². The molecule has 0 fully saturated rings. The zero-order chi connectivity index (χ0) is 12.0. The smallest absolute Gasteiger partial charge is 0.146 e. The van der Waals surface area contributed by atoms with Gasteiger partial charge in [-0.05, 0) is 13.3 Å². The molecule has 0 aliphatic heterocycles. The predicted molar refractivity (Wildman–Crippen MR) is 58.5 cm³/mol. The maximum absolute atomic E-state index is 11.7. The maximum Gasteiger partial charge on any atom is 0.146 e. The average Bonchev–Trinajstić information content (AvgIpc) is 2.13. The standard InChI is InChI=1S/C12H20O3/c1-5-6-11(14)10(7-9(4)13)12(15)8(2)3/h8,10H,5-7H2,1-4H3. The third kappa shape index (κ3) is 4.86. The van der Waals surface area contributed by atoms with Crippen LogP contribution in [-0.2, 0) is 14.4 Å². The van der Waals surface area contributed by atoms with Crippen molar-refractivity contribution in [2.24, 2.45) is 11.8 Å². The average molecular weight is 212 g/mol. The van der Waals surface area contributed by atoms with E-state index < -0.39 is 5.92 Å². The van der Waals surface area contributed by atoms with Gasteiger partial charge in [-0.3, -0.25) is 14.4 Å². The number of carbonyl (C=O) groups excluding carboxylic acids is 3. The van der Waals surface area contributed by atoms with Gasteiger partial charge < -0.3 is 0 Å². The third-order valence-electron chi connectivity index (χ3n) is 2.29. The molecule has 0 rings (SSSR count). The van der Waals surface area contributed by atoms with Gasteiger partial charge in [-0.15, -0.1) is 0 Å². The van der Waals surface area contributed by atoms with E-state index in [9.17, 15) is 14.4 Å². The highest BCUT2D eigenvalue weighted by molar-refractivity contribution is 6.05. The Morgan fingerprint density at radius 1 is 1.13 bits per heavy atom. The molecule has 86 valence electrons. The summed E-state index contributed by atoms with van der Waals surface area (Å²) in [4.78, 5) is 34.4. The van der Waals surface area contributed by atoms with Gasteiger partial charge in [0.1, 0.15) is 17.3 Å². The van der Waals surface area contributed by atoms with Gasteiger partial charge in [0, 0.05) is 18.8 Å². The van der Waals surface area contributed by atoms with E-state index in [1.165, 1.54) is 6.92 Å². The van der Waals surface area contributed by atoms with Crippen molar-refractivity contribution in [3.63, 3.8) is 0 Å². The fraction of sp³-hybridized carbons (Fsp3) is 0.750. The number of Topliss-reactive ketones (excluding diaryl/α,β-unsaturated/α-hetero) is 3. The van der Waals surface area contributed by atoms with Crippen LogP contribution in [0.1, 0.15) is 47.0 Å². The molecule has 15 heavy (non-hydrogen) atoms. The summed E-state index contributed by atoms with van der Waals surface area (Å²) in [6.07, 6.45) is 1.17. The van der Waals surface area contributed by atoms with Gasteiger partial charge in [0.2, 0.25) is 0 Å². The Kier molecular flexibility index (Phi) is 6.06. The van der Waals surface area contributed by atoms with E-state index in [2.05, 4.69) is 0 Å². The monoisotopic (exact) mass is 212 g/mol. The second kappa shape index (κ2) is 6.49. The van der Waals surface area contributed by atoms with Crippen molar-refractivity contribution in [2.45, 2.75) is 47.0 Å². The Hall–Kier alpha value is -0.990. The molecule has 0 saturated heterocycles. The van der Waals surface area contributed by atoms with E-state index in [1.807, 2.05) is 6.92 Å². The maximum atomic E-state index is 11.7. The van der Waals surface area contributed by atoms with Crippen LogP contribution < -0.4 is 0 Å². The van der Waals surface area contributed by atoms with E-state index in [4.69, 9.17) is 0 Å². The molecule has 0 aromatic rings. The molecule has 3 nitrogen and oxygen atoms in total. The molecule has 0 amide bonds. The molecule has 0 N–H and O–H groups in total. The van der Waals surface area contributed by atoms with Crippen LogP contribution in [0.3, 0.4) is 0 Å². The summed E-state index contributed by atoms with van der Waals surface area (Å²) in [5.74, 6) is -1.19. The number of rotatable bonds is 7. The second-order valence-electron chi connectivity index (χ2n) is 4.23. The SMILES string of the molecule is CCCC(=O)C(CC(C)=O)C(=O)C(C)C. The molecule has 0 radical (unpaired) electrons. The van der Waals surface area contributed by atoms with Gasteiger partial charge in [-0.2, -0.15) is 0 Å². The minimum atomic E-state index is -0.706. The lowest BCUT2D eigenvalue weighted by Crippen LogP contribution is -2.29. The van der Waals surface area contributed by atoms with Crippen molar-refractivity contribution in [2.75, 3.05) is 0 Å². The van der Waals surface area contributed by atoms with Crippen LogP contribution in [-0.4, -0.2) is 17.3 Å². The number of ketones is 3. The van der Waals surface area contributed by atoms with Crippen molar-refractivity contribution in [3.8, 4) is 0 Å². The Labute approximate surface area is 91.2 Å². The molecule has 3 heteroatoms. The zero-order valence-electron chi connectivity index (χ0n) is 10.0. The summed E-state index contributed by atoms with van der Waals surface area (Å²) in [6.45, 7) is 6.83. The van der Waals surface area contributed by atoms with Crippen LogP contribution in [0.15, 0.2) is 0 Å². The predicted octanol–water partition coefficient (Wildman–Crippen LogP) is 2.18. The molecule has 0 saturated carbocycles. The van der Waals surface area contributed by atoms with Gasteiger partial charge >= 0.3 is 0 Å². The highest BCUT2D eigenvalue weighted by atomic mass is 16.2. The Balaban J connectivity index is 4.64. The lowest BCUT2D eigenvalue weighted by atomic mass is 9.86. The first-order chi connectivity index (χ1) is 6.90. The second-order valence-corrected chi connectivity index (χ2v) is 4.23. The highest BCUT2D eigenvalue weighted by Crippen LogP contribution is 2.15. The molecule has 1 unspecified atom stereocenters. The number of hydrogen-bond acceptors (Lipinski definition) is 3. The molecular formula is C12H20O3. The summed E-state index contributed by atoms with van der Waals surface area (Å²) in [7, 11) is 0. The molecule has 0 aromatic carbocycles.